The first-order valence-corrected chi connectivity index (χ1v) is 9.58. The van der Waals surface area contributed by atoms with Crippen molar-refractivity contribution >= 4 is 34.7 Å². The van der Waals surface area contributed by atoms with Crippen LogP contribution in [0, 0.1) is 0 Å². The van der Waals surface area contributed by atoms with Gasteiger partial charge in [0.25, 0.3) is 5.91 Å². The quantitative estimate of drug-likeness (QED) is 0.583. The molecule has 1 fully saturated rings. The van der Waals surface area contributed by atoms with Crippen molar-refractivity contribution in [3.8, 4) is 5.88 Å². The highest BCUT2D eigenvalue weighted by molar-refractivity contribution is 7.16. The summed E-state index contributed by atoms with van der Waals surface area (Å²) < 4.78 is 0. The second-order valence-electron chi connectivity index (χ2n) is 6.62. The fourth-order valence-corrected chi connectivity index (χ4v) is 4.21. The number of thiazole rings is 1. The molecule has 10 heteroatoms. The molecule has 3 heterocycles. The summed E-state index contributed by atoms with van der Waals surface area (Å²) in [6.07, 6.45) is 4.22. The van der Waals surface area contributed by atoms with Gasteiger partial charge in [-0.1, -0.05) is 17.4 Å². The van der Waals surface area contributed by atoms with Gasteiger partial charge in [0.05, 0.1) is 29.6 Å². The molecule has 0 radical (unpaired) electrons. The third-order valence-corrected chi connectivity index (χ3v) is 5.89. The number of anilines is 1. The van der Waals surface area contributed by atoms with E-state index < -0.39 is 0 Å². The average molecular weight is 400 g/mol. The Morgan fingerprint density at radius 3 is 3.18 bits per heavy atom. The van der Waals surface area contributed by atoms with E-state index in [2.05, 4.69) is 30.8 Å². The van der Waals surface area contributed by atoms with Crippen molar-refractivity contribution < 1.29 is 14.7 Å². The van der Waals surface area contributed by atoms with Crippen LogP contribution in [0.15, 0.2) is 28.4 Å². The largest absolute Gasteiger partial charge is 0.492 e. The molecule has 0 saturated carbocycles. The Morgan fingerprint density at radius 1 is 1.50 bits per heavy atom. The number of hydrogen-bond acceptors (Lipinski definition) is 9. The van der Waals surface area contributed by atoms with Crippen LogP contribution in [0.25, 0.3) is 6.08 Å². The van der Waals surface area contributed by atoms with Gasteiger partial charge in [-0.2, -0.15) is 15.2 Å². The molecular weight excluding hydrogens is 380 g/mol. The number of aromatic hydroxyl groups is 1. The van der Waals surface area contributed by atoms with Crippen molar-refractivity contribution in [1.29, 1.82) is 0 Å². The highest BCUT2D eigenvalue weighted by Gasteiger charge is 2.33. The van der Waals surface area contributed by atoms with Crippen LogP contribution in [0.2, 0.25) is 0 Å². The monoisotopic (exact) mass is 400 g/mol. The van der Waals surface area contributed by atoms with E-state index in [0.29, 0.717) is 23.0 Å². The van der Waals surface area contributed by atoms with Crippen molar-refractivity contribution in [2.45, 2.75) is 18.5 Å². The number of nitrogens with one attached hydrogen (secondary N) is 2. The Morgan fingerprint density at radius 2 is 2.36 bits per heavy atom. The Kier molecular flexibility index (Phi) is 5.07. The molecule has 2 aliphatic heterocycles. The fourth-order valence-electron chi connectivity index (χ4n) is 3.26. The van der Waals surface area contributed by atoms with Crippen molar-refractivity contribution in [1.82, 2.24) is 15.8 Å². The summed E-state index contributed by atoms with van der Waals surface area (Å²) in [5.41, 5.74) is 3.30. The topological polar surface area (TPSA) is 111 Å². The number of rotatable bonds is 5. The molecule has 28 heavy (non-hydrogen) atoms. The van der Waals surface area contributed by atoms with Crippen LogP contribution >= 0.6 is 11.3 Å². The van der Waals surface area contributed by atoms with Crippen LogP contribution in [0.4, 0.5) is 5.13 Å². The minimum absolute atomic E-state index is 0.00895. The molecule has 0 aliphatic carbocycles. The second-order valence-corrected chi connectivity index (χ2v) is 7.63. The van der Waals surface area contributed by atoms with E-state index in [1.165, 1.54) is 18.4 Å². The molecule has 1 aromatic carbocycles. The van der Waals surface area contributed by atoms with E-state index in [0.717, 1.165) is 16.1 Å². The molecule has 9 nitrogen and oxygen atoms in total. The molecule has 3 N–H and O–H groups in total. The maximum absolute atomic E-state index is 11.9. The predicted octanol–water partition coefficient (Wildman–Crippen LogP) is -0.511. The summed E-state index contributed by atoms with van der Waals surface area (Å²) in [6.45, 7) is 0.644. The number of hydrogen-bond donors (Lipinski definition) is 3. The standard InChI is InChI=1S/C18H20N6O3S/c1-24(12-7-14(19-9-12)16(25)23-27-2)18-21-17(26)15(28-18)6-10-3-4-13-11(5-10)8-20-22-13/h3-6,8,12,14,19,26H,7,9H2,1-2H3,(H,23,25)/t12-,14+/m0/s1. The van der Waals surface area contributed by atoms with Gasteiger partial charge in [0.1, 0.15) is 0 Å². The Hall–Kier alpha value is -2.82. The maximum atomic E-state index is 11.9. The molecule has 0 unspecified atom stereocenters. The highest BCUT2D eigenvalue weighted by atomic mass is 32.1. The van der Waals surface area contributed by atoms with Gasteiger partial charge in [0.2, 0.25) is 5.88 Å². The summed E-state index contributed by atoms with van der Waals surface area (Å²) in [7, 11) is 3.33. The molecule has 4 rings (SSSR count). The van der Waals surface area contributed by atoms with Gasteiger partial charge < -0.3 is 15.3 Å². The molecule has 1 saturated heterocycles. The molecule has 0 spiro atoms. The maximum Gasteiger partial charge on any atom is 0.260 e. The normalized spacial score (nSPS) is 20.9. The lowest BCUT2D eigenvalue weighted by molar-refractivity contribution is -0.133. The Bertz CT molecular complexity index is 1050. The lowest BCUT2D eigenvalue weighted by Crippen LogP contribution is -2.39. The number of aromatic nitrogens is 1. The second kappa shape index (κ2) is 7.66. The number of carbonyl (C=O) groups is 1. The van der Waals surface area contributed by atoms with E-state index >= 15 is 0 Å². The molecule has 0 bridgehead atoms. The Labute approximate surface area is 165 Å². The summed E-state index contributed by atoms with van der Waals surface area (Å²) >= 11 is 1.40. The minimum atomic E-state index is -0.314. The number of carbonyl (C=O) groups excluding carboxylic acids is 1. The number of amides is 1. The van der Waals surface area contributed by atoms with E-state index in [1.807, 2.05) is 36.2 Å². The smallest absolute Gasteiger partial charge is 0.260 e. The van der Waals surface area contributed by atoms with E-state index in [-0.39, 0.29) is 23.9 Å². The van der Waals surface area contributed by atoms with Crippen LogP contribution < -0.4 is 26.3 Å². The lowest BCUT2D eigenvalue weighted by atomic mass is 10.1. The van der Waals surface area contributed by atoms with Crippen LogP contribution in [0.3, 0.4) is 0 Å². The van der Waals surface area contributed by atoms with Gasteiger partial charge in [-0.25, -0.2) is 5.48 Å². The van der Waals surface area contributed by atoms with Gasteiger partial charge in [0.15, 0.2) is 5.13 Å². The zero-order chi connectivity index (χ0) is 19.7. The molecule has 2 aromatic rings. The number of hydroxylamine groups is 1. The van der Waals surface area contributed by atoms with Crippen molar-refractivity contribution in [3.63, 3.8) is 0 Å². The molecule has 1 aromatic heterocycles. The van der Waals surface area contributed by atoms with Gasteiger partial charge in [-0.15, -0.1) is 0 Å². The van der Waals surface area contributed by atoms with Gasteiger partial charge in [-0.3, -0.25) is 9.63 Å². The summed E-state index contributed by atoms with van der Waals surface area (Å²) in [6, 6.07) is 5.57. The van der Waals surface area contributed by atoms with Gasteiger partial charge >= 0.3 is 0 Å². The van der Waals surface area contributed by atoms with E-state index in [9.17, 15) is 9.90 Å². The molecule has 2 aliphatic rings. The fraction of sp³-hybridized carbons (Fsp3) is 0.333. The van der Waals surface area contributed by atoms with Gasteiger partial charge in [0, 0.05) is 25.2 Å². The van der Waals surface area contributed by atoms with Gasteiger partial charge in [-0.05, 0) is 29.8 Å². The van der Waals surface area contributed by atoms with E-state index in [1.54, 1.807) is 6.21 Å². The van der Waals surface area contributed by atoms with Crippen molar-refractivity contribution in [3.05, 3.63) is 39.2 Å². The van der Waals surface area contributed by atoms with Crippen LogP contribution in [-0.4, -0.2) is 55.0 Å². The number of nitrogens with zero attached hydrogens (tertiary/aromatic N) is 4. The minimum Gasteiger partial charge on any atom is -0.492 e. The summed E-state index contributed by atoms with van der Waals surface area (Å²) in [4.78, 5) is 23.6. The number of fused-ring (bicyclic) bond motifs is 1. The molecule has 2 atom stereocenters. The van der Waals surface area contributed by atoms with Crippen LogP contribution in [0.1, 0.15) is 16.9 Å². The Balaban J connectivity index is 1.52. The third kappa shape index (κ3) is 3.61. The van der Waals surface area contributed by atoms with Crippen LogP contribution in [0.5, 0.6) is 5.88 Å². The first-order chi connectivity index (χ1) is 13.5. The van der Waals surface area contributed by atoms with Crippen molar-refractivity contribution in [2.75, 3.05) is 25.6 Å². The average Bonchev–Trinajstić information content (AvgIpc) is 3.41. The summed E-state index contributed by atoms with van der Waals surface area (Å²) in [5, 5.41) is 23.9. The zero-order valence-corrected chi connectivity index (χ0v) is 16.2. The lowest BCUT2D eigenvalue weighted by Gasteiger charge is -2.22. The SMILES string of the molecule is CONC(=O)[C@H]1C[C@H](N(C)c2nc(O)c(C=c3ccc4c(c3)C=NN=4)s2)CN1. The molecule has 146 valence electrons. The first kappa shape index (κ1) is 18.5. The molecular formula is C18H20N6O3S. The highest BCUT2D eigenvalue weighted by Crippen LogP contribution is 2.32. The zero-order valence-electron chi connectivity index (χ0n) is 15.4. The number of likely N-dealkylation sites (N-methyl/N-ethyl adjacent to an activating group) is 1. The summed E-state index contributed by atoms with van der Waals surface area (Å²) in [5.74, 6) is -0.202. The predicted molar refractivity (Wildman–Crippen MR) is 106 cm³/mol. The van der Waals surface area contributed by atoms with Crippen LogP contribution in [-0.2, 0) is 9.63 Å². The third-order valence-electron chi connectivity index (χ3n) is 4.81. The van der Waals surface area contributed by atoms with E-state index in [4.69, 9.17) is 0 Å². The number of benzene rings is 1. The van der Waals surface area contributed by atoms with Crippen molar-refractivity contribution in [2.24, 2.45) is 10.2 Å². The molecule has 1 amide bonds. The first-order valence-electron chi connectivity index (χ1n) is 8.77.